The molecule has 0 aromatic carbocycles. The van der Waals surface area contributed by atoms with Gasteiger partial charge in [0.15, 0.2) is 6.10 Å². The van der Waals surface area contributed by atoms with E-state index in [9.17, 15) is 19.0 Å². The Labute approximate surface area is 568 Å². The highest BCUT2D eigenvalue weighted by molar-refractivity contribution is 7.45. The van der Waals surface area contributed by atoms with Crippen LogP contribution in [0.4, 0.5) is 0 Å². The van der Waals surface area contributed by atoms with Crippen LogP contribution in [0.15, 0.2) is 134 Å². The minimum atomic E-state index is -4.65. The fraction of sp³-hybridized carbons (Fsp3) is 0.707. The van der Waals surface area contributed by atoms with E-state index in [0.717, 1.165) is 109 Å². The molecule has 0 spiro atoms. The Hall–Kier alpha value is -3.85. The van der Waals surface area contributed by atoms with Crippen molar-refractivity contribution in [3.63, 3.8) is 0 Å². The molecule has 2 atom stereocenters. The lowest BCUT2D eigenvalue weighted by Gasteiger charge is -2.28. The molecule has 0 aromatic rings. The second-order valence-electron chi connectivity index (χ2n) is 26.3. The molecule has 0 N–H and O–H groups in total. The van der Waals surface area contributed by atoms with Crippen LogP contribution in [0.2, 0.25) is 0 Å². The van der Waals surface area contributed by atoms with Crippen LogP contribution in [0.25, 0.3) is 0 Å². The van der Waals surface area contributed by atoms with Crippen molar-refractivity contribution in [2.24, 2.45) is 0 Å². The molecule has 2 unspecified atom stereocenters. The number of hydrogen-bond donors (Lipinski definition) is 0. The number of carbonyl (C=O) groups is 2. The lowest BCUT2D eigenvalue weighted by Crippen LogP contribution is -2.37. The van der Waals surface area contributed by atoms with Gasteiger partial charge in [-0.15, -0.1) is 0 Å². The van der Waals surface area contributed by atoms with Crippen molar-refractivity contribution in [1.82, 2.24) is 0 Å². The molecule has 0 saturated carbocycles. The first-order valence-corrected chi connectivity index (χ1v) is 39.4. The lowest BCUT2D eigenvalue weighted by atomic mass is 10.0. The van der Waals surface area contributed by atoms with E-state index in [4.69, 9.17) is 18.5 Å². The first-order valence-electron chi connectivity index (χ1n) is 37.9. The first-order chi connectivity index (χ1) is 45.0. The van der Waals surface area contributed by atoms with Crippen molar-refractivity contribution in [2.75, 3.05) is 47.5 Å². The van der Waals surface area contributed by atoms with Crippen molar-refractivity contribution in [3.05, 3.63) is 134 Å². The maximum Gasteiger partial charge on any atom is 0.306 e. The molecule has 0 aliphatic carbocycles. The number of ether oxygens (including phenoxy) is 2. The number of phosphoric ester groups is 1. The Morgan fingerprint density at radius 2 is 0.620 bits per heavy atom. The molecule has 0 aliphatic rings. The number of quaternary nitrogens is 1. The van der Waals surface area contributed by atoms with Crippen LogP contribution < -0.4 is 4.89 Å². The number of rotatable bonds is 69. The van der Waals surface area contributed by atoms with Crippen molar-refractivity contribution in [1.29, 1.82) is 0 Å². The average molecular weight is 1300 g/mol. The summed E-state index contributed by atoms with van der Waals surface area (Å²) >= 11 is 0. The van der Waals surface area contributed by atoms with E-state index in [1.165, 1.54) is 180 Å². The van der Waals surface area contributed by atoms with Gasteiger partial charge in [-0.05, 0) is 116 Å². The van der Waals surface area contributed by atoms with E-state index in [1.807, 2.05) is 21.1 Å². The SMILES string of the molecule is CC/C=C\C/C=C\C/C=C\C/C=C\C/C=C\C/C=C\C/C=C\C/C=C\C/C=C\C/C=C\CCCCCCCCCCCCC(=O)OC(COC(=O)CCCCCCCCCCCCCCCCC/C=C\CCCCCCCCCC)COP(=O)([O-])OCC[N+](C)(C)C. The smallest absolute Gasteiger partial charge is 0.306 e. The third-order valence-electron chi connectivity index (χ3n) is 16.2. The molecule has 0 heterocycles. The molecule has 0 saturated heterocycles. The largest absolute Gasteiger partial charge is 0.756 e. The average Bonchev–Trinajstić information content (AvgIpc) is 2.23. The highest BCUT2D eigenvalue weighted by Crippen LogP contribution is 2.38. The molecule has 0 aromatic heterocycles. The van der Waals surface area contributed by atoms with Gasteiger partial charge in [-0.3, -0.25) is 14.2 Å². The summed E-state index contributed by atoms with van der Waals surface area (Å²) in [5.74, 6) is -0.834. The van der Waals surface area contributed by atoms with E-state index in [0.29, 0.717) is 17.4 Å². The quantitative estimate of drug-likeness (QED) is 0.0195. The minimum Gasteiger partial charge on any atom is -0.756 e. The van der Waals surface area contributed by atoms with Gasteiger partial charge in [-0.25, -0.2) is 0 Å². The van der Waals surface area contributed by atoms with Gasteiger partial charge in [0.25, 0.3) is 7.82 Å². The van der Waals surface area contributed by atoms with E-state index < -0.39 is 26.5 Å². The lowest BCUT2D eigenvalue weighted by molar-refractivity contribution is -0.870. The summed E-state index contributed by atoms with van der Waals surface area (Å²) in [4.78, 5) is 38.1. The van der Waals surface area contributed by atoms with E-state index in [-0.39, 0.29) is 32.0 Å². The number of unbranched alkanes of at least 4 members (excludes halogenated alkanes) is 33. The summed E-state index contributed by atoms with van der Waals surface area (Å²) in [6.07, 6.45) is 104. The Balaban J connectivity index is 4.06. The topological polar surface area (TPSA) is 111 Å². The minimum absolute atomic E-state index is 0.0359. The van der Waals surface area contributed by atoms with Gasteiger partial charge < -0.3 is 27.9 Å². The van der Waals surface area contributed by atoms with Gasteiger partial charge in [0.1, 0.15) is 19.8 Å². The zero-order valence-corrected chi connectivity index (χ0v) is 61.1. The van der Waals surface area contributed by atoms with Gasteiger partial charge in [-0.1, -0.05) is 327 Å². The van der Waals surface area contributed by atoms with Crippen LogP contribution in [-0.4, -0.2) is 70.0 Å². The fourth-order valence-electron chi connectivity index (χ4n) is 10.4. The third-order valence-corrected chi connectivity index (χ3v) is 17.1. The molecule has 10 heteroatoms. The van der Waals surface area contributed by atoms with Gasteiger partial charge >= 0.3 is 11.9 Å². The Kier molecular flexibility index (Phi) is 68.5. The number of hydrogen-bond acceptors (Lipinski definition) is 8. The summed E-state index contributed by atoms with van der Waals surface area (Å²) in [6.45, 7) is 4.15. The third kappa shape index (κ3) is 75.2. The number of allylic oxidation sites excluding steroid dienone is 22. The maximum atomic E-state index is 12.9. The van der Waals surface area contributed by atoms with Crippen molar-refractivity contribution >= 4 is 19.8 Å². The fourth-order valence-corrected chi connectivity index (χ4v) is 11.1. The van der Waals surface area contributed by atoms with Crippen LogP contribution in [-0.2, 0) is 32.7 Å². The summed E-state index contributed by atoms with van der Waals surface area (Å²) in [7, 11) is 1.16. The Morgan fingerprint density at radius 3 is 0.935 bits per heavy atom. The van der Waals surface area contributed by atoms with Gasteiger partial charge in [0, 0.05) is 12.8 Å². The second-order valence-corrected chi connectivity index (χ2v) is 27.7. The normalized spacial score (nSPS) is 13.8. The molecular weight excluding hydrogens is 1160 g/mol. The molecule has 92 heavy (non-hydrogen) atoms. The van der Waals surface area contributed by atoms with Crippen LogP contribution in [0.3, 0.4) is 0 Å². The zero-order valence-electron chi connectivity index (χ0n) is 60.2. The van der Waals surface area contributed by atoms with Crippen LogP contribution in [0.5, 0.6) is 0 Å². The summed E-state index contributed by atoms with van der Waals surface area (Å²) < 4.78 is 34.4. The standard InChI is InChI=1S/C82H142NO8P/c1-6-8-10-12-14-16-18-20-22-24-26-28-30-32-34-35-36-37-38-39-40-41-42-43-44-45-46-47-49-51-53-55-57-59-61-63-65-67-69-71-73-75-82(85)91-80(79-90-92(86,87)89-77-76-83(3,4)5)78-88-81(84)74-72-70-68-66-64-62-60-58-56-54-52-50-48-33-31-29-27-25-23-21-19-17-15-13-11-9-7-2/h8,10,14,16,20,22,25-28,32,34,36-37,39-40,42-43,45-46,49,51,80H,6-7,9,11-13,15,17-19,21,23-24,29-31,33,35,38,41,44,47-48,50,52-79H2,1-5H3/b10-8-,16-14-,22-20-,27-25-,28-26-,34-32-,37-36-,40-39-,43-42-,46-45-,51-49-. The highest BCUT2D eigenvalue weighted by atomic mass is 31.2. The number of likely N-dealkylation sites (N-methyl/N-ethyl adjacent to an activating group) is 1. The number of esters is 2. The predicted octanol–water partition coefficient (Wildman–Crippen LogP) is 24.5. The monoisotopic (exact) mass is 1300 g/mol. The van der Waals surface area contributed by atoms with E-state index >= 15 is 0 Å². The summed E-state index contributed by atoms with van der Waals surface area (Å²) in [5.41, 5.74) is 0. The Morgan fingerprint density at radius 1 is 0.348 bits per heavy atom. The van der Waals surface area contributed by atoms with Crippen molar-refractivity contribution in [3.8, 4) is 0 Å². The molecule has 0 rings (SSSR count). The van der Waals surface area contributed by atoms with Gasteiger partial charge in [0.05, 0.1) is 27.7 Å². The summed E-state index contributed by atoms with van der Waals surface area (Å²) in [5, 5.41) is 0. The molecule has 0 radical (unpaired) electrons. The predicted molar refractivity (Wildman–Crippen MR) is 397 cm³/mol. The van der Waals surface area contributed by atoms with Gasteiger partial charge in [-0.2, -0.15) is 0 Å². The van der Waals surface area contributed by atoms with Crippen molar-refractivity contribution in [2.45, 2.75) is 328 Å². The molecule has 9 nitrogen and oxygen atoms in total. The maximum absolute atomic E-state index is 12.9. The molecule has 0 aliphatic heterocycles. The molecule has 0 fully saturated rings. The number of nitrogens with zero attached hydrogens (tertiary/aromatic N) is 1. The zero-order chi connectivity index (χ0) is 66.9. The molecule has 0 amide bonds. The molecular formula is C82H142NO8P. The van der Waals surface area contributed by atoms with E-state index in [2.05, 4.69) is 148 Å². The van der Waals surface area contributed by atoms with Crippen LogP contribution >= 0.6 is 7.82 Å². The van der Waals surface area contributed by atoms with Crippen LogP contribution in [0, 0.1) is 0 Å². The number of phosphoric acid groups is 1. The highest BCUT2D eigenvalue weighted by Gasteiger charge is 2.22. The summed E-state index contributed by atoms with van der Waals surface area (Å²) in [6, 6.07) is 0. The van der Waals surface area contributed by atoms with Gasteiger partial charge in [0.2, 0.25) is 0 Å². The molecule has 528 valence electrons. The number of carbonyl (C=O) groups excluding carboxylic acids is 2. The second kappa shape index (κ2) is 71.4. The molecule has 0 bridgehead atoms. The first kappa shape index (κ1) is 88.2. The van der Waals surface area contributed by atoms with E-state index in [1.54, 1.807) is 0 Å². The van der Waals surface area contributed by atoms with Crippen LogP contribution in [0.1, 0.15) is 322 Å². The Bertz CT molecular complexity index is 2020. The van der Waals surface area contributed by atoms with Crippen molar-refractivity contribution < 1.29 is 42.1 Å².